The first kappa shape index (κ1) is 10.5. The summed E-state index contributed by atoms with van der Waals surface area (Å²) in [5.74, 6) is -0.274. The van der Waals surface area contributed by atoms with Gasteiger partial charge in [-0.1, -0.05) is 23.2 Å². The average Bonchev–Trinajstić information content (AvgIpc) is 2.50. The third-order valence-electron chi connectivity index (χ3n) is 2.20. The maximum Gasteiger partial charge on any atom is 0.234 e. The summed E-state index contributed by atoms with van der Waals surface area (Å²) in [7, 11) is 0. The number of nitrogens with zero attached hydrogens (tertiary/aromatic N) is 1. The first-order chi connectivity index (χ1) is 7.08. The fourth-order valence-electron chi connectivity index (χ4n) is 1.47. The largest absolute Gasteiger partial charge is 0.305 e. The molecule has 0 atom stereocenters. The second kappa shape index (κ2) is 3.83. The lowest BCUT2D eigenvalue weighted by Gasteiger charge is -2.14. The first-order valence-corrected chi connectivity index (χ1v) is 5.10. The second-order valence-corrected chi connectivity index (χ2v) is 4.11. The van der Waals surface area contributed by atoms with E-state index in [4.69, 9.17) is 23.2 Å². The Morgan fingerprint density at radius 1 is 1.13 bits per heavy atom. The van der Waals surface area contributed by atoms with Crippen LogP contribution in [0.25, 0.3) is 0 Å². The standard InChI is InChI=1S/C10H7Cl2NO2/c11-8-2-1-6(3-9(8)12)13-5-7(14)4-10(13)15/h1-3H,4-5H2. The van der Waals surface area contributed by atoms with Gasteiger partial charge in [0.25, 0.3) is 0 Å². The molecule has 1 heterocycles. The van der Waals surface area contributed by atoms with Crippen molar-refractivity contribution in [1.82, 2.24) is 0 Å². The summed E-state index contributed by atoms with van der Waals surface area (Å²) in [6.45, 7) is 0.122. The molecule has 0 spiro atoms. The van der Waals surface area contributed by atoms with Crippen LogP contribution in [-0.4, -0.2) is 18.2 Å². The van der Waals surface area contributed by atoms with Gasteiger partial charge >= 0.3 is 0 Å². The van der Waals surface area contributed by atoms with Gasteiger partial charge in [0, 0.05) is 5.69 Å². The van der Waals surface area contributed by atoms with Crippen molar-refractivity contribution in [3.8, 4) is 0 Å². The van der Waals surface area contributed by atoms with Crippen molar-refractivity contribution in [3.63, 3.8) is 0 Å². The number of Topliss-reactive ketones (excluding diaryl/α,β-unsaturated/α-hetero) is 1. The van der Waals surface area contributed by atoms with E-state index in [9.17, 15) is 9.59 Å². The fraction of sp³-hybridized carbons (Fsp3) is 0.200. The summed E-state index contributed by atoms with van der Waals surface area (Å²) < 4.78 is 0. The van der Waals surface area contributed by atoms with Gasteiger partial charge in [0.15, 0.2) is 5.78 Å². The summed E-state index contributed by atoms with van der Waals surface area (Å²) in [6, 6.07) is 4.86. The minimum Gasteiger partial charge on any atom is -0.305 e. The fourth-order valence-corrected chi connectivity index (χ4v) is 1.77. The van der Waals surface area contributed by atoms with Crippen molar-refractivity contribution in [1.29, 1.82) is 0 Å². The van der Waals surface area contributed by atoms with Crippen LogP contribution in [0.15, 0.2) is 18.2 Å². The van der Waals surface area contributed by atoms with E-state index in [2.05, 4.69) is 0 Å². The molecule has 1 aliphatic rings. The molecule has 0 radical (unpaired) electrons. The molecular formula is C10H7Cl2NO2. The molecule has 1 saturated heterocycles. The zero-order chi connectivity index (χ0) is 11.0. The molecule has 1 aliphatic heterocycles. The number of benzene rings is 1. The summed E-state index contributed by atoms with van der Waals surface area (Å²) in [4.78, 5) is 23.9. The smallest absolute Gasteiger partial charge is 0.234 e. The third kappa shape index (κ3) is 1.98. The van der Waals surface area contributed by atoms with Crippen LogP contribution < -0.4 is 4.90 Å². The number of amides is 1. The number of rotatable bonds is 1. The molecule has 0 bridgehead atoms. The minimum absolute atomic E-state index is 0.0275. The van der Waals surface area contributed by atoms with E-state index >= 15 is 0 Å². The molecule has 0 N–H and O–H groups in total. The van der Waals surface area contributed by atoms with Crippen molar-refractivity contribution in [3.05, 3.63) is 28.2 Å². The van der Waals surface area contributed by atoms with Crippen LogP contribution in [0.2, 0.25) is 10.0 Å². The molecule has 78 valence electrons. The lowest BCUT2D eigenvalue weighted by atomic mass is 10.3. The Morgan fingerprint density at radius 3 is 2.40 bits per heavy atom. The van der Waals surface area contributed by atoms with E-state index in [-0.39, 0.29) is 24.7 Å². The van der Waals surface area contributed by atoms with Gasteiger partial charge in [0.05, 0.1) is 23.0 Å². The van der Waals surface area contributed by atoms with Gasteiger partial charge in [-0.2, -0.15) is 0 Å². The molecule has 1 aromatic rings. The Kier molecular flexibility index (Phi) is 2.67. The molecule has 0 unspecified atom stereocenters. The molecule has 5 heteroatoms. The van der Waals surface area contributed by atoms with Crippen molar-refractivity contribution in [2.75, 3.05) is 11.4 Å². The van der Waals surface area contributed by atoms with Gasteiger partial charge in [-0.15, -0.1) is 0 Å². The molecule has 1 amide bonds. The maximum atomic E-state index is 11.4. The molecule has 3 nitrogen and oxygen atoms in total. The number of hydrogen-bond acceptors (Lipinski definition) is 2. The summed E-state index contributed by atoms with van der Waals surface area (Å²) in [5.41, 5.74) is 0.611. The second-order valence-electron chi connectivity index (χ2n) is 3.29. The highest BCUT2D eigenvalue weighted by Gasteiger charge is 2.28. The molecule has 1 fully saturated rings. The Labute approximate surface area is 96.6 Å². The van der Waals surface area contributed by atoms with E-state index in [0.717, 1.165) is 0 Å². The number of ketones is 1. The molecule has 15 heavy (non-hydrogen) atoms. The van der Waals surface area contributed by atoms with Gasteiger partial charge in [-0.25, -0.2) is 0 Å². The van der Waals surface area contributed by atoms with Gasteiger partial charge in [0.1, 0.15) is 0 Å². The van der Waals surface area contributed by atoms with Gasteiger partial charge in [-0.05, 0) is 18.2 Å². The predicted molar refractivity (Wildman–Crippen MR) is 58.4 cm³/mol. The highest BCUT2D eigenvalue weighted by molar-refractivity contribution is 6.42. The lowest BCUT2D eigenvalue weighted by Crippen LogP contribution is -2.24. The Morgan fingerprint density at radius 2 is 1.87 bits per heavy atom. The third-order valence-corrected chi connectivity index (χ3v) is 2.94. The van der Waals surface area contributed by atoms with Gasteiger partial charge in [0.2, 0.25) is 5.91 Å². The SMILES string of the molecule is O=C1CC(=O)N(c2ccc(Cl)c(Cl)c2)C1. The molecule has 0 saturated carbocycles. The minimum atomic E-state index is -0.196. The van der Waals surface area contributed by atoms with Crippen molar-refractivity contribution in [2.24, 2.45) is 0 Å². The van der Waals surface area contributed by atoms with Crippen LogP contribution in [0.1, 0.15) is 6.42 Å². The van der Waals surface area contributed by atoms with E-state index in [0.29, 0.717) is 15.7 Å². The Hall–Kier alpha value is -1.06. The summed E-state index contributed by atoms with van der Waals surface area (Å²) >= 11 is 11.6. The Bertz CT molecular complexity index is 445. The van der Waals surface area contributed by atoms with Crippen LogP contribution in [-0.2, 0) is 9.59 Å². The quantitative estimate of drug-likeness (QED) is 0.711. The number of hydrogen-bond donors (Lipinski definition) is 0. The number of halogens is 2. The monoisotopic (exact) mass is 243 g/mol. The van der Waals surface area contributed by atoms with Crippen molar-refractivity contribution < 1.29 is 9.59 Å². The Balaban J connectivity index is 2.34. The van der Waals surface area contributed by atoms with Gasteiger partial charge in [-0.3, -0.25) is 9.59 Å². The van der Waals surface area contributed by atoms with E-state index in [1.807, 2.05) is 0 Å². The molecule has 0 aromatic heterocycles. The number of anilines is 1. The van der Waals surface area contributed by atoms with Crippen LogP contribution >= 0.6 is 23.2 Å². The normalized spacial score (nSPS) is 16.3. The highest BCUT2D eigenvalue weighted by Crippen LogP contribution is 2.28. The molecule has 2 rings (SSSR count). The topological polar surface area (TPSA) is 37.4 Å². The number of carbonyl (C=O) groups excluding carboxylic acids is 2. The van der Waals surface area contributed by atoms with E-state index in [1.165, 1.54) is 4.90 Å². The lowest BCUT2D eigenvalue weighted by molar-refractivity contribution is -0.121. The molecular weight excluding hydrogens is 237 g/mol. The van der Waals surface area contributed by atoms with E-state index in [1.54, 1.807) is 18.2 Å². The van der Waals surface area contributed by atoms with Crippen LogP contribution in [0.3, 0.4) is 0 Å². The maximum absolute atomic E-state index is 11.4. The average molecular weight is 244 g/mol. The highest BCUT2D eigenvalue weighted by atomic mass is 35.5. The zero-order valence-electron chi connectivity index (χ0n) is 7.67. The summed E-state index contributed by atoms with van der Waals surface area (Å²) in [6.07, 6.45) is -0.0275. The van der Waals surface area contributed by atoms with Gasteiger partial charge < -0.3 is 4.90 Å². The first-order valence-electron chi connectivity index (χ1n) is 4.35. The van der Waals surface area contributed by atoms with Crippen molar-refractivity contribution >= 4 is 40.6 Å². The van der Waals surface area contributed by atoms with Crippen LogP contribution in [0, 0.1) is 0 Å². The summed E-state index contributed by atoms with van der Waals surface area (Å²) in [5, 5.41) is 0.805. The molecule has 0 aliphatic carbocycles. The predicted octanol–water partition coefficient (Wildman–Crippen LogP) is 2.30. The van der Waals surface area contributed by atoms with Crippen molar-refractivity contribution in [2.45, 2.75) is 6.42 Å². The van der Waals surface area contributed by atoms with E-state index < -0.39 is 0 Å². The molecule has 1 aromatic carbocycles. The van der Waals surface area contributed by atoms with Crippen LogP contribution in [0.4, 0.5) is 5.69 Å². The van der Waals surface area contributed by atoms with Crippen LogP contribution in [0.5, 0.6) is 0 Å². The zero-order valence-corrected chi connectivity index (χ0v) is 9.18. The number of carbonyl (C=O) groups is 2.